The molecule has 1 aliphatic heterocycles. The zero-order chi connectivity index (χ0) is 23.6. The van der Waals surface area contributed by atoms with Gasteiger partial charge in [-0.2, -0.15) is 0 Å². The second-order valence-electron chi connectivity index (χ2n) is 8.71. The molecule has 1 aliphatic rings. The van der Waals surface area contributed by atoms with Crippen LogP contribution in [0.1, 0.15) is 44.2 Å². The molecule has 1 amide bonds. The Morgan fingerprint density at radius 1 is 1.27 bits per heavy atom. The third kappa shape index (κ3) is 4.89. The van der Waals surface area contributed by atoms with E-state index in [0.717, 1.165) is 30.6 Å². The van der Waals surface area contributed by atoms with Gasteiger partial charge in [0.15, 0.2) is 11.5 Å². The van der Waals surface area contributed by atoms with E-state index >= 15 is 0 Å². The Morgan fingerprint density at radius 2 is 2.09 bits per heavy atom. The summed E-state index contributed by atoms with van der Waals surface area (Å²) >= 11 is 6.52. The number of nitrogens with zero attached hydrogens (tertiary/aromatic N) is 5. The van der Waals surface area contributed by atoms with Crippen LogP contribution in [0.3, 0.4) is 0 Å². The van der Waals surface area contributed by atoms with Crippen molar-refractivity contribution in [3.8, 4) is 0 Å². The fourth-order valence-corrected chi connectivity index (χ4v) is 4.83. The monoisotopic (exact) mass is 470 g/mol. The number of nitrogens with one attached hydrogen (secondary N) is 1. The van der Waals surface area contributed by atoms with E-state index in [1.54, 1.807) is 6.33 Å². The summed E-state index contributed by atoms with van der Waals surface area (Å²) in [5.74, 6) is 0.413. The van der Waals surface area contributed by atoms with Crippen molar-refractivity contribution >= 4 is 40.2 Å². The van der Waals surface area contributed by atoms with E-state index in [2.05, 4.69) is 32.1 Å². The molecule has 0 aliphatic carbocycles. The van der Waals surface area contributed by atoms with Crippen LogP contribution < -0.4 is 21.7 Å². The number of imidazole rings is 1. The van der Waals surface area contributed by atoms with E-state index in [9.17, 15) is 4.79 Å². The minimum Gasteiger partial charge on any atom is -0.382 e. The molecule has 4 rings (SSSR count). The van der Waals surface area contributed by atoms with Crippen molar-refractivity contribution < 1.29 is 4.79 Å². The molecule has 3 heterocycles. The number of hydrogen-bond donors (Lipinski definition) is 3. The molecular weight excluding hydrogens is 440 g/mol. The molecular formula is C23H31ClN8O. The zero-order valence-corrected chi connectivity index (χ0v) is 19.9. The van der Waals surface area contributed by atoms with E-state index in [-0.39, 0.29) is 5.91 Å². The Bertz CT molecular complexity index is 1160. The third-order valence-electron chi connectivity index (χ3n) is 6.37. The smallest absolute Gasteiger partial charge is 0.220 e. The Morgan fingerprint density at radius 3 is 2.85 bits per heavy atom. The first-order chi connectivity index (χ1) is 15.8. The average molecular weight is 471 g/mol. The van der Waals surface area contributed by atoms with E-state index in [1.165, 1.54) is 11.9 Å². The molecule has 10 heteroatoms. The molecule has 5 N–H and O–H groups in total. The van der Waals surface area contributed by atoms with Gasteiger partial charge in [0, 0.05) is 42.3 Å². The van der Waals surface area contributed by atoms with Gasteiger partial charge < -0.3 is 26.3 Å². The molecule has 2 aromatic heterocycles. The Hall–Kier alpha value is -2.91. The molecule has 9 nitrogen and oxygen atoms in total. The van der Waals surface area contributed by atoms with Gasteiger partial charge in [0.25, 0.3) is 0 Å². The van der Waals surface area contributed by atoms with Gasteiger partial charge in [0.05, 0.1) is 12.9 Å². The summed E-state index contributed by atoms with van der Waals surface area (Å²) in [4.78, 5) is 27.1. The van der Waals surface area contributed by atoms with Gasteiger partial charge >= 0.3 is 0 Å². The van der Waals surface area contributed by atoms with Crippen LogP contribution in [-0.2, 0) is 17.8 Å². The summed E-state index contributed by atoms with van der Waals surface area (Å²) in [6.45, 7) is 6.73. The fourth-order valence-electron chi connectivity index (χ4n) is 4.60. The molecule has 0 unspecified atom stereocenters. The van der Waals surface area contributed by atoms with Crippen molar-refractivity contribution in [1.29, 1.82) is 0 Å². The normalized spacial score (nSPS) is 18.2. The van der Waals surface area contributed by atoms with E-state index < -0.39 is 5.54 Å². The van der Waals surface area contributed by atoms with E-state index in [1.807, 2.05) is 23.6 Å². The molecule has 0 bridgehead atoms. The van der Waals surface area contributed by atoms with Gasteiger partial charge in [0.1, 0.15) is 11.8 Å². The first-order valence-corrected chi connectivity index (χ1v) is 11.7. The lowest BCUT2D eigenvalue weighted by molar-refractivity contribution is -0.121. The standard InChI is InChI=1S/C23H31ClN8O/c1-3-15-9-16(24)10-18(31-8-7-23(26,12-31)6-5-19(33)27-4-2)17(15)11-32-14-30-20-21(25)28-13-29-22(20)32/h9-10,13-14H,3-8,11-12,26H2,1-2H3,(H,27,33)(H2,25,28,29)/t23-/m1/s1. The first kappa shape index (κ1) is 23.3. The van der Waals surface area contributed by atoms with Crippen molar-refractivity contribution in [2.45, 2.75) is 51.6 Å². The molecule has 176 valence electrons. The number of rotatable bonds is 8. The van der Waals surface area contributed by atoms with Crippen LogP contribution in [-0.4, -0.2) is 50.6 Å². The summed E-state index contributed by atoms with van der Waals surface area (Å²) < 4.78 is 1.99. The highest BCUT2D eigenvalue weighted by atomic mass is 35.5. The molecule has 3 aromatic rings. The first-order valence-electron chi connectivity index (χ1n) is 11.4. The number of carbonyl (C=O) groups is 1. The number of amides is 1. The van der Waals surface area contributed by atoms with Crippen LogP contribution in [0.4, 0.5) is 11.5 Å². The van der Waals surface area contributed by atoms with Gasteiger partial charge in [-0.05, 0) is 49.4 Å². The number of aryl methyl sites for hydroxylation is 1. The predicted molar refractivity (Wildman–Crippen MR) is 131 cm³/mol. The maximum absolute atomic E-state index is 12.0. The summed E-state index contributed by atoms with van der Waals surface area (Å²) in [6.07, 6.45) is 5.94. The molecule has 1 atom stereocenters. The van der Waals surface area contributed by atoms with Gasteiger partial charge in [-0.3, -0.25) is 4.79 Å². The lowest BCUT2D eigenvalue weighted by Gasteiger charge is -2.28. The molecule has 0 spiro atoms. The van der Waals surface area contributed by atoms with E-state index in [4.69, 9.17) is 23.1 Å². The predicted octanol–water partition coefficient (Wildman–Crippen LogP) is 2.50. The van der Waals surface area contributed by atoms with Crippen LogP contribution in [0.2, 0.25) is 5.02 Å². The Kier molecular flexibility index (Phi) is 6.71. The van der Waals surface area contributed by atoms with Crippen LogP contribution in [0.15, 0.2) is 24.8 Å². The van der Waals surface area contributed by atoms with Crippen molar-refractivity contribution in [1.82, 2.24) is 24.8 Å². The summed E-state index contributed by atoms with van der Waals surface area (Å²) in [5, 5.41) is 3.55. The summed E-state index contributed by atoms with van der Waals surface area (Å²) in [7, 11) is 0. The number of nitrogens with two attached hydrogens (primary N) is 2. The Balaban J connectivity index is 1.63. The molecule has 1 aromatic carbocycles. The summed E-state index contributed by atoms with van der Waals surface area (Å²) in [6, 6.07) is 4.03. The highest BCUT2D eigenvalue weighted by molar-refractivity contribution is 6.31. The lowest BCUT2D eigenvalue weighted by Crippen LogP contribution is -2.44. The number of fused-ring (bicyclic) bond motifs is 1. The van der Waals surface area contributed by atoms with Gasteiger partial charge in [-0.15, -0.1) is 0 Å². The molecule has 1 fully saturated rings. The van der Waals surface area contributed by atoms with Gasteiger partial charge in [-0.1, -0.05) is 18.5 Å². The third-order valence-corrected chi connectivity index (χ3v) is 6.59. The number of carbonyl (C=O) groups excluding carboxylic acids is 1. The number of aromatic nitrogens is 4. The highest BCUT2D eigenvalue weighted by Crippen LogP contribution is 2.35. The van der Waals surface area contributed by atoms with Gasteiger partial charge in [0.2, 0.25) is 5.91 Å². The lowest BCUT2D eigenvalue weighted by atomic mass is 9.93. The van der Waals surface area contributed by atoms with E-state index in [0.29, 0.717) is 54.5 Å². The fraction of sp³-hybridized carbons (Fsp3) is 0.478. The van der Waals surface area contributed by atoms with Gasteiger partial charge in [-0.25, -0.2) is 15.0 Å². The maximum Gasteiger partial charge on any atom is 0.220 e. The second-order valence-corrected chi connectivity index (χ2v) is 9.14. The SMILES string of the molecule is CCNC(=O)CC[C@@]1(N)CCN(c2cc(Cl)cc(CC)c2Cn2cnc3c(N)ncnc32)C1. The zero-order valence-electron chi connectivity index (χ0n) is 19.1. The minimum absolute atomic E-state index is 0.0470. The highest BCUT2D eigenvalue weighted by Gasteiger charge is 2.36. The second kappa shape index (κ2) is 9.52. The topological polar surface area (TPSA) is 128 Å². The molecule has 0 radical (unpaired) electrons. The van der Waals surface area contributed by atoms with Crippen LogP contribution >= 0.6 is 11.6 Å². The average Bonchev–Trinajstić information content (AvgIpc) is 3.38. The quantitative estimate of drug-likeness (QED) is 0.461. The van der Waals surface area contributed by atoms with Crippen LogP contribution in [0.25, 0.3) is 11.2 Å². The minimum atomic E-state index is -0.416. The molecule has 33 heavy (non-hydrogen) atoms. The maximum atomic E-state index is 12.0. The number of nitrogen functional groups attached to an aromatic ring is 1. The number of benzene rings is 1. The molecule has 0 saturated carbocycles. The van der Waals surface area contributed by atoms with Crippen LogP contribution in [0, 0.1) is 0 Å². The van der Waals surface area contributed by atoms with Crippen molar-refractivity contribution in [3.05, 3.63) is 40.9 Å². The number of anilines is 2. The largest absolute Gasteiger partial charge is 0.382 e. The number of hydrogen-bond acceptors (Lipinski definition) is 7. The van der Waals surface area contributed by atoms with Crippen molar-refractivity contribution in [3.63, 3.8) is 0 Å². The Labute approximate surface area is 198 Å². The van der Waals surface area contributed by atoms with Crippen LogP contribution in [0.5, 0.6) is 0 Å². The van der Waals surface area contributed by atoms with Crippen molar-refractivity contribution in [2.75, 3.05) is 30.3 Å². The van der Waals surface area contributed by atoms with Crippen molar-refractivity contribution in [2.24, 2.45) is 5.73 Å². The summed E-state index contributed by atoms with van der Waals surface area (Å²) in [5.41, 5.74) is 17.0. The molecule has 1 saturated heterocycles. The number of halogens is 1.